The highest BCUT2D eigenvalue weighted by molar-refractivity contribution is 5.86. The van der Waals surface area contributed by atoms with E-state index in [1.165, 1.54) is 11.6 Å². The smallest absolute Gasteiger partial charge is 0.331 e. The van der Waals surface area contributed by atoms with Crippen molar-refractivity contribution in [1.29, 1.82) is 0 Å². The maximum atomic E-state index is 12.9. The number of benzene rings is 2. The van der Waals surface area contributed by atoms with Crippen molar-refractivity contribution in [1.82, 2.24) is 13.7 Å². The van der Waals surface area contributed by atoms with Crippen LogP contribution in [0.3, 0.4) is 0 Å². The normalized spacial score (nSPS) is 14.7. The van der Waals surface area contributed by atoms with Crippen LogP contribution >= 0.6 is 0 Å². The van der Waals surface area contributed by atoms with Crippen LogP contribution in [0.5, 0.6) is 11.5 Å². The van der Waals surface area contributed by atoms with Crippen molar-refractivity contribution in [3.63, 3.8) is 0 Å². The fraction of sp³-hybridized carbons (Fsp3) is 0.217. The number of fused-ring (bicyclic) bond motifs is 5. The molecule has 1 atom stereocenters. The summed E-state index contributed by atoms with van der Waals surface area (Å²) >= 11 is 0. The lowest BCUT2D eigenvalue weighted by molar-refractivity contribution is 0.316. The van der Waals surface area contributed by atoms with Crippen molar-refractivity contribution in [2.24, 2.45) is 14.1 Å². The Morgan fingerprint density at radius 3 is 2.61 bits per heavy atom. The molecule has 5 rings (SSSR count). The zero-order chi connectivity index (χ0) is 21.9. The lowest BCUT2D eigenvalue weighted by Gasteiger charge is -2.30. The highest BCUT2D eigenvalue weighted by atomic mass is 16.5. The van der Waals surface area contributed by atoms with Crippen LogP contribution in [0, 0.1) is 0 Å². The van der Waals surface area contributed by atoms with Gasteiger partial charge in [0.2, 0.25) is 0 Å². The van der Waals surface area contributed by atoms with Crippen LogP contribution in [0.4, 0.5) is 5.69 Å². The number of aromatic hydroxyl groups is 1. The Hall–Kier alpha value is -3.94. The topological polar surface area (TPSA) is 90.4 Å². The molecule has 0 radical (unpaired) electrons. The predicted octanol–water partition coefficient (Wildman–Crippen LogP) is 2.65. The number of aromatic nitrogens is 3. The molecule has 0 spiro atoms. The van der Waals surface area contributed by atoms with E-state index >= 15 is 0 Å². The summed E-state index contributed by atoms with van der Waals surface area (Å²) in [5.74, 6) is 0.406. The van der Waals surface area contributed by atoms with Crippen molar-refractivity contribution < 1.29 is 9.84 Å². The average Bonchev–Trinajstić information content (AvgIpc) is 3.18. The largest absolute Gasteiger partial charge is 0.504 e. The molecule has 1 aliphatic heterocycles. The van der Waals surface area contributed by atoms with Crippen LogP contribution in [-0.2, 0) is 14.1 Å². The molecule has 0 saturated heterocycles. The van der Waals surface area contributed by atoms with Gasteiger partial charge in [-0.3, -0.25) is 13.9 Å². The number of rotatable bonds is 3. The molecular weight excluding hydrogens is 396 g/mol. The number of phenols is 1. The minimum atomic E-state index is -0.509. The molecule has 0 saturated carbocycles. The summed E-state index contributed by atoms with van der Waals surface area (Å²) < 4.78 is 10.1. The number of para-hydroxylation sites is 3. The van der Waals surface area contributed by atoms with E-state index < -0.39 is 11.7 Å². The minimum Gasteiger partial charge on any atom is -0.504 e. The number of hydrogen-bond donors (Lipinski definition) is 2. The Kier molecular flexibility index (Phi) is 4.18. The first-order valence-corrected chi connectivity index (χ1v) is 10.1. The summed E-state index contributed by atoms with van der Waals surface area (Å²) in [6, 6.07) is 12.5. The molecule has 2 N–H and O–H groups in total. The van der Waals surface area contributed by atoms with Crippen LogP contribution in [0.15, 0.2) is 58.3 Å². The van der Waals surface area contributed by atoms with Gasteiger partial charge in [0, 0.05) is 25.9 Å². The lowest BCUT2D eigenvalue weighted by atomic mass is 9.98. The molecule has 0 amide bonds. The molecule has 0 aliphatic carbocycles. The molecule has 2 aromatic heterocycles. The van der Waals surface area contributed by atoms with E-state index in [0.717, 1.165) is 15.9 Å². The molecular formula is C23H22N4O4. The summed E-state index contributed by atoms with van der Waals surface area (Å²) in [5, 5.41) is 14.9. The van der Waals surface area contributed by atoms with E-state index in [0.29, 0.717) is 34.5 Å². The third-order valence-electron chi connectivity index (χ3n) is 5.84. The van der Waals surface area contributed by atoms with Crippen LogP contribution in [-0.4, -0.2) is 25.4 Å². The third-order valence-corrected chi connectivity index (χ3v) is 5.84. The molecule has 0 bridgehead atoms. The average molecular weight is 418 g/mol. The van der Waals surface area contributed by atoms with Gasteiger partial charge in [0.05, 0.1) is 40.6 Å². The summed E-state index contributed by atoms with van der Waals surface area (Å²) in [4.78, 5) is 25.6. The van der Waals surface area contributed by atoms with Crippen LogP contribution in [0.2, 0.25) is 0 Å². The maximum Gasteiger partial charge on any atom is 0.331 e. The van der Waals surface area contributed by atoms with Crippen molar-refractivity contribution in [3.8, 4) is 17.2 Å². The standard InChI is InChI=1S/C23H22N4O4/c1-4-31-17-11-7-8-13(21(17)28)18-20-19-14(22(29)26(3)23(30)25(19)2)12-27(20)16-10-6-5-9-15(16)24-18/h5-12,18,24,28H,4H2,1-3H3. The first-order chi connectivity index (χ1) is 14.9. The summed E-state index contributed by atoms with van der Waals surface area (Å²) in [6.07, 6.45) is 1.77. The SMILES string of the molecule is CCOc1cccc(C2Nc3ccccc3-n3cc4c(=O)n(C)c(=O)n(C)c4c32)c1O. The molecule has 0 fully saturated rings. The van der Waals surface area contributed by atoms with Crippen molar-refractivity contribution in [2.45, 2.75) is 13.0 Å². The first kappa shape index (κ1) is 19.0. The van der Waals surface area contributed by atoms with Crippen LogP contribution in [0.25, 0.3) is 16.6 Å². The van der Waals surface area contributed by atoms with E-state index in [2.05, 4.69) is 5.32 Å². The molecule has 4 aromatic rings. The maximum absolute atomic E-state index is 12.9. The molecule has 2 aromatic carbocycles. The molecule has 158 valence electrons. The Labute approximate surface area is 177 Å². The predicted molar refractivity (Wildman–Crippen MR) is 118 cm³/mol. The van der Waals surface area contributed by atoms with Crippen LogP contribution in [0.1, 0.15) is 24.2 Å². The second kappa shape index (κ2) is 6.80. The van der Waals surface area contributed by atoms with E-state index in [4.69, 9.17) is 4.74 Å². The second-order valence-electron chi connectivity index (χ2n) is 7.57. The van der Waals surface area contributed by atoms with E-state index in [9.17, 15) is 14.7 Å². The van der Waals surface area contributed by atoms with Gasteiger partial charge in [-0.1, -0.05) is 24.3 Å². The highest BCUT2D eigenvalue weighted by Gasteiger charge is 2.32. The van der Waals surface area contributed by atoms with E-state index in [1.807, 2.05) is 47.9 Å². The molecule has 3 heterocycles. The summed E-state index contributed by atoms with van der Waals surface area (Å²) in [5.41, 5.74) is 2.77. The minimum absolute atomic E-state index is 0.0240. The van der Waals surface area contributed by atoms with Gasteiger partial charge < -0.3 is 19.7 Å². The van der Waals surface area contributed by atoms with E-state index in [-0.39, 0.29) is 11.3 Å². The summed E-state index contributed by atoms with van der Waals surface area (Å²) in [6.45, 7) is 2.27. The molecule has 8 heteroatoms. The highest BCUT2D eigenvalue weighted by Crippen LogP contribution is 2.44. The van der Waals surface area contributed by atoms with E-state index in [1.54, 1.807) is 19.3 Å². The van der Waals surface area contributed by atoms with Gasteiger partial charge in [-0.2, -0.15) is 0 Å². The number of aryl methyl sites for hydroxylation is 1. The zero-order valence-electron chi connectivity index (χ0n) is 17.4. The van der Waals surface area contributed by atoms with Gasteiger partial charge in [-0.15, -0.1) is 0 Å². The molecule has 8 nitrogen and oxygen atoms in total. The van der Waals surface area contributed by atoms with Crippen molar-refractivity contribution in [2.75, 3.05) is 11.9 Å². The number of anilines is 1. The van der Waals surface area contributed by atoms with Gasteiger partial charge in [-0.25, -0.2) is 4.79 Å². The monoisotopic (exact) mass is 418 g/mol. The Morgan fingerprint density at radius 1 is 1.06 bits per heavy atom. The Balaban J connectivity index is 1.90. The van der Waals surface area contributed by atoms with Crippen LogP contribution < -0.4 is 21.3 Å². The van der Waals surface area contributed by atoms with Gasteiger partial charge in [0.25, 0.3) is 5.56 Å². The zero-order valence-corrected chi connectivity index (χ0v) is 17.4. The van der Waals surface area contributed by atoms with Gasteiger partial charge in [0.15, 0.2) is 11.5 Å². The molecule has 1 unspecified atom stereocenters. The number of phenolic OH excluding ortho intramolecular Hbond substituents is 1. The van der Waals surface area contributed by atoms with Gasteiger partial charge >= 0.3 is 5.69 Å². The quantitative estimate of drug-likeness (QED) is 0.534. The fourth-order valence-electron chi connectivity index (χ4n) is 4.38. The van der Waals surface area contributed by atoms with Crippen molar-refractivity contribution in [3.05, 3.63) is 80.8 Å². The number of nitrogens with one attached hydrogen (secondary N) is 1. The van der Waals surface area contributed by atoms with Gasteiger partial charge in [0.1, 0.15) is 0 Å². The summed E-state index contributed by atoms with van der Waals surface area (Å²) in [7, 11) is 3.13. The molecule has 1 aliphatic rings. The first-order valence-electron chi connectivity index (χ1n) is 10.1. The van der Waals surface area contributed by atoms with Gasteiger partial charge in [-0.05, 0) is 25.1 Å². The number of nitrogens with zero attached hydrogens (tertiary/aromatic N) is 3. The fourth-order valence-corrected chi connectivity index (χ4v) is 4.38. The third kappa shape index (κ3) is 2.61. The number of hydrogen-bond acceptors (Lipinski definition) is 5. The molecule has 31 heavy (non-hydrogen) atoms. The number of ether oxygens (including phenoxy) is 1. The second-order valence-corrected chi connectivity index (χ2v) is 7.57. The van der Waals surface area contributed by atoms with Crippen molar-refractivity contribution >= 4 is 16.6 Å². The Morgan fingerprint density at radius 2 is 1.84 bits per heavy atom. The Bertz CT molecular complexity index is 1460. The lowest BCUT2D eigenvalue weighted by Crippen LogP contribution is -2.37.